The molecule has 0 bridgehead atoms. The average molecular weight is 480 g/mol. The van der Waals surface area contributed by atoms with Gasteiger partial charge in [0.15, 0.2) is 0 Å². The van der Waals surface area contributed by atoms with Crippen LogP contribution in [0.25, 0.3) is 0 Å². The second-order valence-electron chi connectivity index (χ2n) is 9.33. The molecular weight excluding hydrogens is 450 g/mol. The number of ketones is 1. The normalized spacial score (nSPS) is 22.1. The van der Waals surface area contributed by atoms with Gasteiger partial charge in [-0.15, -0.1) is 0 Å². The van der Waals surface area contributed by atoms with Crippen LogP contribution in [0.15, 0.2) is 71.6 Å². The zero-order chi connectivity index (χ0) is 24.4. The van der Waals surface area contributed by atoms with Gasteiger partial charge >= 0.3 is 5.97 Å². The number of fused-ring (bicyclic) bond motifs is 1. The summed E-state index contributed by atoms with van der Waals surface area (Å²) >= 11 is 6.13. The lowest BCUT2D eigenvalue weighted by Gasteiger charge is -2.39. The molecule has 2 aliphatic rings. The van der Waals surface area contributed by atoms with Gasteiger partial charge in [-0.1, -0.05) is 55.8 Å². The maximum atomic E-state index is 13.6. The Labute approximate surface area is 205 Å². The van der Waals surface area contributed by atoms with Gasteiger partial charge in [-0.05, 0) is 48.2 Å². The number of benzene rings is 2. The van der Waals surface area contributed by atoms with E-state index in [4.69, 9.17) is 21.1 Å². The molecule has 1 N–H and O–H groups in total. The van der Waals surface area contributed by atoms with E-state index in [1.807, 2.05) is 57.2 Å². The standard InChI is InChI=1S/C28H30ClNO4/c1-16(2)15-34-28(32)25-17(3)30-23-13-20(18-7-11-22(33-4)12-8-18)14-24(31)27(23)26(25)19-5-9-21(29)10-6-19/h5-13,16,20,26-27,30H,14-15H2,1-4H3. The van der Waals surface area contributed by atoms with E-state index in [1.165, 1.54) is 0 Å². The molecule has 1 heterocycles. The molecule has 5 nitrogen and oxygen atoms in total. The highest BCUT2D eigenvalue weighted by Crippen LogP contribution is 2.46. The molecule has 1 aliphatic carbocycles. The fourth-order valence-corrected chi connectivity index (χ4v) is 4.89. The highest BCUT2D eigenvalue weighted by molar-refractivity contribution is 6.30. The summed E-state index contributed by atoms with van der Waals surface area (Å²) in [6.07, 6.45) is 2.48. The third kappa shape index (κ3) is 4.90. The van der Waals surface area contributed by atoms with Gasteiger partial charge < -0.3 is 14.8 Å². The van der Waals surface area contributed by atoms with Crippen LogP contribution < -0.4 is 10.1 Å². The Bertz CT molecular complexity index is 1130. The number of esters is 1. The summed E-state index contributed by atoms with van der Waals surface area (Å²) in [5.41, 5.74) is 3.96. The number of carbonyl (C=O) groups is 2. The fraction of sp³-hybridized carbons (Fsp3) is 0.357. The van der Waals surface area contributed by atoms with Gasteiger partial charge in [0.05, 0.1) is 25.2 Å². The number of hydrogen-bond acceptors (Lipinski definition) is 5. The van der Waals surface area contributed by atoms with Crippen LogP contribution in [-0.2, 0) is 14.3 Å². The molecule has 178 valence electrons. The number of carbonyl (C=O) groups excluding carboxylic acids is 2. The molecule has 0 aromatic heterocycles. The number of ether oxygens (including phenoxy) is 2. The van der Waals surface area contributed by atoms with E-state index >= 15 is 0 Å². The SMILES string of the molecule is COc1ccc(C2C=C3NC(C)=C(C(=O)OCC(C)C)C(c4ccc(Cl)cc4)C3C(=O)C2)cc1. The van der Waals surface area contributed by atoms with Crippen LogP contribution in [0.3, 0.4) is 0 Å². The molecule has 3 unspecified atom stereocenters. The maximum absolute atomic E-state index is 13.6. The van der Waals surface area contributed by atoms with Crippen LogP contribution in [0.1, 0.15) is 50.2 Å². The molecule has 0 radical (unpaired) electrons. The molecule has 0 fully saturated rings. The molecule has 3 atom stereocenters. The molecule has 34 heavy (non-hydrogen) atoms. The fourth-order valence-electron chi connectivity index (χ4n) is 4.76. The second-order valence-corrected chi connectivity index (χ2v) is 9.77. The van der Waals surface area contributed by atoms with Crippen molar-refractivity contribution in [3.63, 3.8) is 0 Å². The maximum Gasteiger partial charge on any atom is 0.336 e. The first kappa shape index (κ1) is 24.1. The zero-order valence-corrected chi connectivity index (χ0v) is 20.7. The van der Waals surface area contributed by atoms with Crippen LogP contribution in [0.4, 0.5) is 0 Å². The van der Waals surface area contributed by atoms with Crippen LogP contribution in [0.2, 0.25) is 5.02 Å². The Morgan fingerprint density at radius 2 is 1.71 bits per heavy atom. The van der Waals surface area contributed by atoms with Gasteiger partial charge in [0.1, 0.15) is 11.5 Å². The molecular formula is C28H30ClNO4. The smallest absolute Gasteiger partial charge is 0.336 e. The third-order valence-electron chi connectivity index (χ3n) is 6.40. The van der Waals surface area contributed by atoms with Gasteiger partial charge in [0.25, 0.3) is 0 Å². The number of rotatable bonds is 6. The van der Waals surface area contributed by atoms with Gasteiger partial charge in [0, 0.05) is 34.7 Å². The molecule has 2 aromatic rings. The van der Waals surface area contributed by atoms with E-state index in [-0.39, 0.29) is 23.6 Å². The van der Waals surface area contributed by atoms with Gasteiger partial charge in [-0.25, -0.2) is 4.79 Å². The van der Waals surface area contributed by atoms with E-state index in [0.717, 1.165) is 22.6 Å². The van der Waals surface area contributed by atoms with Crippen LogP contribution in [0.5, 0.6) is 5.75 Å². The molecule has 0 saturated carbocycles. The van der Waals surface area contributed by atoms with Crippen molar-refractivity contribution in [3.8, 4) is 5.75 Å². The summed E-state index contributed by atoms with van der Waals surface area (Å²) in [4.78, 5) is 26.8. The third-order valence-corrected chi connectivity index (χ3v) is 6.66. The zero-order valence-electron chi connectivity index (χ0n) is 19.9. The summed E-state index contributed by atoms with van der Waals surface area (Å²) in [6, 6.07) is 15.2. The lowest BCUT2D eigenvalue weighted by molar-refractivity contribution is -0.140. The minimum atomic E-state index is -0.485. The predicted octanol–water partition coefficient (Wildman–Crippen LogP) is 5.77. The second kappa shape index (κ2) is 10.1. The van der Waals surface area contributed by atoms with Crippen LogP contribution in [0, 0.1) is 11.8 Å². The molecule has 0 amide bonds. The van der Waals surface area contributed by atoms with Crippen molar-refractivity contribution in [2.24, 2.45) is 11.8 Å². The monoisotopic (exact) mass is 479 g/mol. The molecule has 4 rings (SSSR count). The first-order chi connectivity index (χ1) is 16.3. The van der Waals surface area contributed by atoms with Crippen molar-refractivity contribution >= 4 is 23.4 Å². The lowest BCUT2D eigenvalue weighted by atomic mass is 9.68. The Hall–Kier alpha value is -3.05. The summed E-state index contributed by atoms with van der Waals surface area (Å²) < 4.78 is 10.9. The summed E-state index contributed by atoms with van der Waals surface area (Å²) in [6.45, 7) is 6.18. The minimum Gasteiger partial charge on any atom is -0.497 e. The number of nitrogens with one attached hydrogen (secondary N) is 1. The molecule has 0 spiro atoms. The van der Waals surface area contributed by atoms with E-state index in [0.29, 0.717) is 29.3 Å². The first-order valence-corrected chi connectivity index (χ1v) is 11.9. The van der Waals surface area contributed by atoms with Crippen molar-refractivity contribution in [1.29, 1.82) is 0 Å². The Kier molecular flexibility index (Phi) is 7.13. The quantitative estimate of drug-likeness (QED) is 0.533. The number of Topliss-reactive ketones (excluding diaryl/α,β-unsaturated/α-hetero) is 1. The largest absolute Gasteiger partial charge is 0.497 e. The van der Waals surface area contributed by atoms with E-state index < -0.39 is 11.8 Å². The average Bonchev–Trinajstić information content (AvgIpc) is 2.82. The minimum absolute atomic E-state index is 0.0507. The van der Waals surface area contributed by atoms with Gasteiger partial charge in [0.2, 0.25) is 0 Å². The van der Waals surface area contributed by atoms with Crippen molar-refractivity contribution in [2.45, 2.75) is 39.0 Å². The molecule has 0 saturated heterocycles. The van der Waals surface area contributed by atoms with Crippen LogP contribution >= 0.6 is 11.6 Å². The van der Waals surface area contributed by atoms with E-state index in [2.05, 4.69) is 11.4 Å². The van der Waals surface area contributed by atoms with Crippen molar-refractivity contribution < 1.29 is 19.1 Å². The van der Waals surface area contributed by atoms with E-state index in [9.17, 15) is 9.59 Å². The lowest BCUT2D eigenvalue weighted by Crippen LogP contribution is -2.42. The number of allylic oxidation sites excluding steroid dienone is 3. The molecule has 6 heteroatoms. The highest BCUT2D eigenvalue weighted by Gasteiger charge is 2.45. The Balaban J connectivity index is 1.76. The number of methoxy groups -OCH3 is 1. The number of hydrogen-bond donors (Lipinski definition) is 1. The van der Waals surface area contributed by atoms with Crippen molar-refractivity contribution in [1.82, 2.24) is 5.32 Å². The first-order valence-electron chi connectivity index (χ1n) is 11.6. The number of halogens is 1. The van der Waals surface area contributed by atoms with Gasteiger partial charge in [-0.2, -0.15) is 0 Å². The summed E-state index contributed by atoms with van der Waals surface area (Å²) in [7, 11) is 1.63. The van der Waals surface area contributed by atoms with Gasteiger partial charge in [-0.3, -0.25) is 4.79 Å². The Morgan fingerprint density at radius 1 is 1.06 bits per heavy atom. The van der Waals surface area contributed by atoms with E-state index in [1.54, 1.807) is 19.2 Å². The summed E-state index contributed by atoms with van der Waals surface area (Å²) in [5.74, 6) is -0.277. The topological polar surface area (TPSA) is 64.6 Å². The molecule has 2 aromatic carbocycles. The van der Waals surface area contributed by atoms with Crippen molar-refractivity contribution in [3.05, 3.63) is 87.7 Å². The highest BCUT2D eigenvalue weighted by atomic mass is 35.5. The van der Waals surface area contributed by atoms with Crippen LogP contribution in [-0.4, -0.2) is 25.5 Å². The van der Waals surface area contributed by atoms with Crippen molar-refractivity contribution in [2.75, 3.05) is 13.7 Å². The molecule has 1 aliphatic heterocycles. The Morgan fingerprint density at radius 3 is 2.32 bits per heavy atom. The predicted molar refractivity (Wildman–Crippen MR) is 133 cm³/mol. The summed E-state index contributed by atoms with van der Waals surface area (Å²) in [5, 5.41) is 3.97.